The fraction of sp³-hybridized carbons (Fsp3) is 0.200. The van der Waals surface area contributed by atoms with Gasteiger partial charge in [-0.25, -0.2) is 6.07 Å². The van der Waals surface area contributed by atoms with Crippen LogP contribution < -0.4 is 0 Å². The fourth-order valence-corrected chi connectivity index (χ4v) is 0.312. The smallest absolute Gasteiger partial charge is 0 e. The van der Waals surface area contributed by atoms with Crippen molar-refractivity contribution in [1.82, 2.24) is 0 Å². The molecule has 2 heteroatoms. The van der Waals surface area contributed by atoms with Crippen molar-refractivity contribution in [3.63, 3.8) is 0 Å². The minimum absolute atomic E-state index is 0. The molecular formula is C5H5OV-. The van der Waals surface area contributed by atoms with Crippen molar-refractivity contribution in [2.75, 3.05) is 0 Å². The fourth-order valence-electron chi connectivity index (χ4n) is 0.312. The molecule has 0 saturated heterocycles. The van der Waals surface area contributed by atoms with Gasteiger partial charge in [0.05, 0.1) is 0 Å². The van der Waals surface area contributed by atoms with E-state index in [-0.39, 0.29) is 18.6 Å². The van der Waals surface area contributed by atoms with Gasteiger partial charge in [0.2, 0.25) is 0 Å². The maximum absolute atomic E-state index is 4.78. The summed E-state index contributed by atoms with van der Waals surface area (Å²) in [7, 11) is 0. The average molecular weight is 132 g/mol. The third-order valence-electron chi connectivity index (χ3n) is 0.599. The number of aryl methyl sites for hydroxylation is 1. The van der Waals surface area contributed by atoms with E-state index in [1.54, 1.807) is 6.07 Å². The van der Waals surface area contributed by atoms with Crippen molar-refractivity contribution in [1.29, 1.82) is 0 Å². The summed E-state index contributed by atoms with van der Waals surface area (Å²) in [6, 6.07) is 4.55. The van der Waals surface area contributed by atoms with Crippen LogP contribution in [-0.2, 0) is 18.6 Å². The van der Waals surface area contributed by atoms with Crippen LogP contribution in [0.4, 0.5) is 0 Å². The Bertz CT molecular complexity index is 112. The van der Waals surface area contributed by atoms with E-state index in [4.69, 9.17) is 4.42 Å². The van der Waals surface area contributed by atoms with Crippen molar-refractivity contribution in [2.45, 2.75) is 6.92 Å². The van der Waals surface area contributed by atoms with E-state index >= 15 is 0 Å². The van der Waals surface area contributed by atoms with Crippen LogP contribution in [0.2, 0.25) is 0 Å². The first kappa shape index (κ1) is 6.86. The molecule has 0 aliphatic rings. The Morgan fingerprint density at radius 3 is 2.57 bits per heavy atom. The molecule has 0 N–H and O–H groups in total. The van der Waals surface area contributed by atoms with Crippen LogP contribution in [0.1, 0.15) is 5.76 Å². The third-order valence-corrected chi connectivity index (χ3v) is 0.599. The standard InChI is InChI=1S/C5H5O.V/c1-5-3-2-4-6-5;/h3-4H,1H3;/q-1;. The predicted octanol–water partition coefficient (Wildman–Crippen LogP) is 1.39. The molecule has 0 saturated carbocycles. The maximum Gasteiger partial charge on any atom is 0 e. The normalized spacial score (nSPS) is 7.57. The molecule has 1 rings (SSSR count). The van der Waals surface area contributed by atoms with Crippen molar-refractivity contribution in [2.24, 2.45) is 0 Å². The van der Waals surface area contributed by atoms with Gasteiger partial charge in [-0.1, -0.05) is 12.7 Å². The number of furan rings is 1. The molecule has 1 radical (unpaired) electrons. The molecule has 0 aliphatic carbocycles. The van der Waals surface area contributed by atoms with Crippen LogP contribution in [0.25, 0.3) is 0 Å². The van der Waals surface area contributed by atoms with Crippen LogP contribution in [0, 0.1) is 13.0 Å². The van der Waals surface area contributed by atoms with E-state index in [1.165, 1.54) is 6.26 Å². The zero-order chi connectivity index (χ0) is 4.41. The Morgan fingerprint density at radius 2 is 2.43 bits per heavy atom. The van der Waals surface area contributed by atoms with Crippen molar-refractivity contribution < 1.29 is 23.0 Å². The first-order valence-corrected chi connectivity index (χ1v) is 1.81. The van der Waals surface area contributed by atoms with E-state index in [0.717, 1.165) is 5.76 Å². The Balaban J connectivity index is 0.000000360. The SMILES string of the molecule is Cc1c[c-]co1.[V]. The molecule has 37 valence electrons. The summed E-state index contributed by atoms with van der Waals surface area (Å²) in [5, 5.41) is 0. The minimum atomic E-state index is 0. The Kier molecular flexibility index (Phi) is 2.89. The predicted molar refractivity (Wildman–Crippen MR) is 22.3 cm³/mol. The summed E-state index contributed by atoms with van der Waals surface area (Å²) < 4.78 is 4.78. The molecule has 0 bridgehead atoms. The van der Waals surface area contributed by atoms with Gasteiger partial charge >= 0.3 is 0 Å². The molecule has 0 atom stereocenters. The number of rotatable bonds is 0. The topological polar surface area (TPSA) is 13.1 Å². The van der Waals surface area contributed by atoms with Crippen molar-refractivity contribution in [3.8, 4) is 0 Å². The molecule has 0 amide bonds. The van der Waals surface area contributed by atoms with Crippen LogP contribution in [-0.4, -0.2) is 0 Å². The minimum Gasteiger partial charge on any atom is -0.574 e. The summed E-state index contributed by atoms with van der Waals surface area (Å²) in [6.07, 6.45) is 1.54. The number of hydrogen-bond donors (Lipinski definition) is 0. The summed E-state index contributed by atoms with van der Waals surface area (Å²) >= 11 is 0. The van der Waals surface area contributed by atoms with Crippen LogP contribution in [0.3, 0.4) is 0 Å². The first-order chi connectivity index (χ1) is 2.89. The van der Waals surface area contributed by atoms with Gasteiger partial charge in [0, 0.05) is 18.6 Å². The van der Waals surface area contributed by atoms with Gasteiger partial charge < -0.3 is 4.42 Å². The molecule has 1 aromatic rings. The summed E-state index contributed by atoms with van der Waals surface area (Å²) in [6.45, 7) is 1.89. The van der Waals surface area contributed by atoms with E-state index in [2.05, 4.69) is 6.07 Å². The number of hydrogen-bond acceptors (Lipinski definition) is 1. The van der Waals surface area contributed by atoms with Gasteiger partial charge in [-0.2, -0.15) is 6.07 Å². The van der Waals surface area contributed by atoms with Gasteiger partial charge in [0.15, 0.2) is 0 Å². The quantitative estimate of drug-likeness (QED) is 0.486. The second-order valence-electron chi connectivity index (χ2n) is 1.16. The zero-order valence-corrected chi connectivity index (χ0v) is 5.41. The van der Waals surface area contributed by atoms with Crippen molar-refractivity contribution >= 4 is 0 Å². The molecular weight excluding hydrogens is 127 g/mol. The molecule has 0 spiro atoms. The van der Waals surface area contributed by atoms with Crippen LogP contribution in [0.5, 0.6) is 0 Å². The summed E-state index contributed by atoms with van der Waals surface area (Å²) in [5.41, 5.74) is 0. The molecule has 1 nitrogen and oxygen atoms in total. The Hall–Kier alpha value is -0.136. The van der Waals surface area contributed by atoms with Gasteiger partial charge in [-0.15, -0.1) is 0 Å². The van der Waals surface area contributed by atoms with Crippen LogP contribution in [0.15, 0.2) is 16.7 Å². The van der Waals surface area contributed by atoms with E-state index in [9.17, 15) is 0 Å². The summed E-state index contributed by atoms with van der Waals surface area (Å²) in [5.74, 6) is 0.912. The molecule has 0 unspecified atom stereocenters. The van der Waals surface area contributed by atoms with Crippen molar-refractivity contribution in [3.05, 3.63) is 24.2 Å². The zero-order valence-electron chi connectivity index (χ0n) is 4.01. The maximum atomic E-state index is 4.78. The van der Waals surface area contributed by atoms with E-state index < -0.39 is 0 Å². The Morgan fingerprint density at radius 1 is 1.71 bits per heavy atom. The third kappa shape index (κ3) is 1.86. The van der Waals surface area contributed by atoms with Gasteiger partial charge in [0.1, 0.15) is 0 Å². The summed E-state index contributed by atoms with van der Waals surface area (Å²) in [4.78, 5) is 0. The average Bonchev–Trinajstić information content (AvgIpc) is 1.86. The van der Waals surface area contributed by atoms with Gasteiger partial charge in [-0.05, 0) is 6.26 Å². The molecule has 0 fully saturated rings. The van der Waals surface area contributed by atoms with Crippen LogP contribution >= 0.6 is 0 Å². The second-order valence-corrected chi connectivity index (χ2v) is 1.16. The van der Waals surface area contributed by atoms with E-state index in [1.807, 2.05) is 6.92 Å². The van der Waals surface area contributed by atoms with Gasteiger partial charge in [-0.3, -0.25) is 0 Å². The molecule has 7 heavy (non-hydrogen) atoms. The monoisotopic (exact) mass is 132 g/mol. The van der Waals surface area contributed by atoms with Gasteiger partial charge in [0.25, 0.3) is 0 Å². The molecule has 0 aliphatic heterocycles. The largest absolute Gasteiger partial charge is 0.574 e. The second kappa shape index (κ2) is 2.94. The molecule has 0 aromatic carbocycles. The van der Waals surface area contributed by atoms with E-state index in [0.29, 0.717) is 0 Å². The first-order valence-electron chi connectivity index (χ1n) is 1.81. The molecule has 1 aromatic heterocycles. The molecule has 1 heterocycles. The Labute approximate surface area is 54.6 Å².